The predicted octanol–water partition coefficient (Wildman–Crippen LogP) is 1.75. The third-order valence-electron chi connectivity index (χ3n) is 3.57. The summed E-state index contributed by atoms with van der Waals surface area (Å²) in [7, 11) is -4.31. The molecule has 0 saturated carbocycles. The first-order valence-electron chi connectivity index (χ1n) is 8.72. The smallest absolute Gasteiger partial charge is 1.00 e. The van der Waals surface area contributed by atoms with Crippen LogP contribution in [0.1, 0.15) is 85.9 Å². The van der Waals surface area contributed by atoms with Crippen molar-refractivity contribution in [3.63, 3.8) is 0 Å². The van der Waals surface area contributed by atoms with Crippen LogP contribution in [0.5, 0.6) is 0 Å². The normalized spacial score (nSPS) is 12.8. The molecule has 0 rings (SSSR count). The molecule has 0 aromatic carbocycles. The molecule has 0 aliphatic carbocycles. The third-order valence-corrected chi connectivity index (χ3v) is 4.67. The minimum Gasteiger partial charge on any atom is -1.00 e. The summed E-state index contributed by atoms with van der Waals surface area (Å²) in [6.07, 6.45) is 14.5. The van der Waals surface area contributed by atoms with E-state index in [2.05, 4.69) is 19.1 Å². The zero-order chi connectivity index (χ0) is 17.6. The Hall–Kier alpha value is 0.120. The van der Waals surface area contributed by atoms with Crippen LogP contribution in [0.4, 0.5) is 0 Å². The number of hydrogen-bond acceptors (Lipinski definition) is 4. The van der Waals surface area contributed by atoms with Crippen molar-refractivity contribution in [2.45, 2.75) is 89.9 Å². The van der Waals surface area contributed by atoms with Crippen LogP contribution in [-0.2, 0) is 19.6 Å². The Morgan fingerprint density at radius 1 is 1.04 bits per heavy atom. The first-order chi connectivity index (χ1) is 10.9. The topological polar surface area (TPSA) is 80.7 Å². The molecule has 24 heavy (non-hydrogen) atoms. The maximum absolute atomic E-state index is 11.5. The van der Waals surface area contributed by atoms with Gasteiger partial charge in [0.1, 0.15) is 0 Å². The second-order valence-corrected chi connectivity index (χ2v) is 7.32. The third kappa shape index (κ3) is 15.6. The Labute approximate surface area is 171 Å². The van der Waals surface area contributed by atoms with Gasteiger partial charge >= 0.3 is 45.6 Å². The van der Waals surface area contributed by atoms with Crippen molar-refractivity contribution in [1.29, 1.82) is 0 Å². The van der Waals surface area contributed by atoms with E-state index >= 15 is 0 Å². The van der Waals surface area contributed by atoms with Gasteiger partial charge in [0.15, 0.2) is 0 Å². The Morgan fingerprint density at radius 3 is 2.12 bits per heavy atom. The number of hydrogen-bond donors (Lipinski definition) is 1. The van der Waals surface area contributed by atoms with Gasteiger partial charge in [0.25, 0.3) is 0 Å². The van der Waals surface area contributed by atoms with Crippen molar-refractivity contribution in [3.8, 4) is 0 Å². The minimum atomic E-state index is -4.31. The molecule has 0 aliphatic heterocycles. The first-order valence-corrected chi connectivity index (χ1v) is 10.2. The second kappa shape index (κ2) is 16.6. The molecule has 0 amide bonds. The van der Waals surface area contributed by atoms with Crippen LogP contribution in [0.2, 0.25) is 0 Å². The van der Waals surface area contributed by atoms with Gasteiger partial charge in [0.2, 0.25) is 5.44 Å². The second-order valence-electron chi connectivity index (χ2n) is 5.76. The van der Waals surface area contributed by atoms with Gasteiger partial charge in [0, 0.05) is 6.42 Å². The molecular formula is C17H33NaO5S. The predicted molar refractivity (Wildman–Crippen MR) is 93.8 cm³/mol. The molecule has 0 aliphatic rings. The van der Waals surface area contributed by atoms with Crippen molar-refractivity contribution in [2.24, 2.45) is 0 Å². The van der Waals surface area contributed by atoms with Crippen LogP contribution < -0.4 is 29.6 Å². The monoisotopic (exact) mass is 372 g/mol. The zero-order valence-corrected chi connectivity index (χ0v) is 18.3. The molecule has 1 N–H and O–H groups in total. The van der Waals surface area contributed by atoms with Gasteiger partial charge in [-0.15, -0.1) is 0 Å². The maximum atomic E-state index is 11.5. The fraction of sp³-hybridized carbons (Fsp3) is 0.824. The van der Waals surface area contributed by atoms with Crippen molar-refractivity contribution in [3.05, 3.63) is 12.2 Å². The number of carbonyl (C=O) groups excluding carboxylic acids is 1. The van der Waals surface area contributed by atoms with E-state index in [0.717, 1.165) is 32.1 Å². The molecule has 1 atom stereocenters. The van der Waals surface area contributed by atoms with Crippen LogP contribution >= 0.6 is 0 Å². The molecule has 7 heteroatoms. The van der Waals surface area contributed by atoms with E-state index in [1.54, 1.807) is 6.92 Å². The van der Waals surface area contributed by atoms with Gasteiger partial charge in [-0.1, -0.05) is 58.1 Å². The maximum Gasteiger partial charge on any atom is 1.00 e. The minimum absolute atomic E-state index is 0. The van der Waals surface area contributed by atoms with Gasteiger partial charge in [-0.05, 0) is 32.1 Å². The Kier molecular flexibility index (Phi) is 18.2. The first kappa shape index (κ1) is 26.4. The van der Waals surface area contributed by atoms with Crippen LogP contribution in [0, 0.1) is 0 Å². The Morgan fingerprint density at radius 2 is 1.58 bits per heavy atom. The van der Waals surface area contributed by atoms with E-state index in [9.17, 15) is 13.2 Å². The fourth-order valence-electron chi connectivity index (χ4n) is 2.18. The molecule has 0 spiro atoms. The standard InChI is InChI=1S/C17H32O5S.Na.H/c1-3-5-6-7-8-9-10-11-12-13-14-15-16(18)22-17(4-2)23(19,20)21;;/h7-8,17H,3-6,9-15H2,1-2H3,(H,19,20,21);;/q;+1;-1. The van der Waals surface area contributed by atoms with E-state index < -0.39 is 21.5 Å². The quantitative estimate of drug-likeness (QED) is 0.165. The van der Waals surface area contributed by atoms with Gasteiger partial charge in [-0.2, -0.15) is 8.42 Å². The average molecular weight is 373 g/mol. The summed E-state index contributed by atoms with van der Waals surface area (Å²) in [4.78, 5) is 11.5. The number of esters is 1. The summed E-state index contributed by atoms with van der Waals surface area (Å²) in [5.74, 6) is -0.562. The van der Waals surface area contributed by atoms with Gasteiger partial charge < -0.3 is 6.16 Å². The summed E-state index contributed by atoms with van der Waals surface area (Å²) in [5, 5.41) is 0. The summed E-state index contributed by atoms with van der Waals surface area (Å²) < 4.78 is 35.5. The fourth-order valence-corrected chi connectivity index (χ4v) is 2.83. The van der Waals surface area contributed by atoms with Crippen LogP contribution in [0.3, 0.4) is 0 Å². The molecule has 5 nitrogen and oxygen atoms in total. The van der Waals surface area contributed by atoms with Crippen molar-refractivity contribution < 1.29 is 53.5 Å². The SMILES string of the molecule is CCCCC=CCCCCCCCC(=O)OC(CC)S(=O)(=O)O.[H-].[Na+]. The zero-order valence-electron chi connectivity index (χ0n) is 16.5. The van der Waals surface area contributed by atoms with E-state index in [-0.39, 0.29) is 43.8 Å². The van der Waals surface area contributed by atoms with Gasteiger partial charge in [-0.25, -0.2) is 0 Å². The van der Waals surface area contributed by atoms with Crippen LogP contribution in [-0.4, -0.2) is 24.4 Å². The summed E-state index contributed by atoms with van der Waals surface area (Å²) >= 11 is 0. The Bertz CT molecular complexity index is 440. The summed E-state index contributed by atoms with van der Waals surface area (Å²) in [5.41, 5.74) is -1.44. The van der Waals surface area contributed by atoms with E-state index in [1.807, 2.05) is 0 Å². The largest absolute Gasteiger partial charge is 1.00 e. The molecule has 0 saturated heterocycles. The van der Waals surface area contributed by atoms with Crippen molar-refractivity contribution >= 4 is 16.1 Å². The van der Waals surface area contributed by atoms with Crippen molar-refractivity contribution in [1.82, 2.24) is 0 Å². The molecule has 0 bridgehead atoms. The van der Waals surface area contributed by atoms with Crippen LogP contribution in [0.25, 0.3) is 0 Å². The summed E-state index contributed by atoms with van der Waals surface area (Å²) in [6.45, 7) is 3.73. The number of carbonyl (C=O) groups is 1. The molecular weight excluding hydrogens is 339 g/mol. The summed E-state index contributed by atoms with van der Waals surface area (Å²) in [6, 6.07) is 0. The number of rotatable bonds is 14. The number of unbranched alkanes of at least 4 members (excludes halogenated alkanes) is 7. The van der Waals surface area contributed by atoms with Crippen molar-refractivity contribution in [2.75, 3.05) is 0 Å². The molecule has 0 radical (unpaired) electrons. The molecule has 1 unspecified atom stereocenters. The van der Waals surface area contributed by atoms with E-state index in [1.165, 1.54) is 19.3 Å². The molecule has 0 heterocycles. The van der Waals surface area contributed by atoms with E-state index in [0.29, 0.717) is 6.42 Å². The van der Waals surface area contributed by atoms with E-state index in [4.69, 9.17) is 9.29 Å². The average Bonchev–Trinajstić information content (AvgIpc) is 2.49. The molecule has 0 fully saturated rings. The number of allylic oxidation sites excluding steroid dienone is 2. The molecule has 0 aromatic heterocycles. The number of ether oxygens (including phenoxy) is 1. The molecule has 0 aromatic rings. The van der Waals surface area contributed by atoms with Crippen LogP contribution in [0.15, 0.2) is 12.2 Å². The Balaban J connectivity index is -0.00000242. The van der Waals surface area contributed by atoms with Gasteiger partial charge in [0.05, 0.1) is 0 Å². The van der Waals surface area contributed by atoms with Gasteiger partial charge in [-0.3, -0.25) is 9.35 Å². The molecule has 138 valence electrons.